The van der Waals surface area contributed by atoms with Gasteiger partial charge in [0.25, 0.3) is 5.91 Å². The molecule has 0 aliphatic carbocycles. The summed E-state index contributed by atoms with van der Waals surface area (Å²) in [6.07, 6.45) is 2.35. The molecular weight excluding hydrogens is 360 g/mol. The fourth-order valence-corrected chi connectivity index (χ4v) is 3.79. The molecule has 1 unspecified atom stereocenters. The van der Waals surface area contributed by atoms with E-state index in [1.165, 1.54) is 0 Å². The van der Waals surface area contributed by atoms with E-state index in [-0.39, 0.29) is 5.91 Å². The van der Waals surface area contributed by atoms with Crippen LogP contribution < -0.4 is 5.43 Å². The van der Waals surface area contributed by atoms with Gasteiger partial charge in [-0.25, -0.2) is 5.43 Å². The Morgan fingerprint density at radius 2 is 1.66 bits per heavy atom. The molecule has 156 valence electrons. The third-order valence-corrected chi connectivity index (χ3v) is 5.21. The van der Waals surface area contributed by atoms with E-state index in [1.807, 2.05) is 62.4 Å². The molecule has 2 aromatic rings. The van der Waals surface area contributed by atoms with Crippen molar-refractivity contribution in [2.45, 2.75) is 65.5 Å². The van der Waals surface area contributed by atoms with Gasteiger partial charge in [-0.2, -0.15) is 5.10 Å². The lowest BCUT2D eigenvalue weighted by Gasteiger charge is -2.37. The molecule has 0 saturated carbocycles. The van der Waals surface area contributed by atoms with Gasteiger partial charge in [0.05, 0.1) is 5.69 Å². The lowest BCUT2D eigenvalue weighted by atomic mass is 9.73. The van der Waals surface area contributed by atoms with Crippen LogP contribution in [0.3, 0.4) is 0 Å². The minimum absolute atomic E-state index is 0.156. The molecule has 1 N–H and O–H groups in total. The summed E-state index contributed by atoms with van der Waals surface area (Å²) in [7, 11) is 0. The van der Waals surface area contributed by atoms with E-state index < -0.39 is 5.41 Å². The molecule has 29 heavy (non-hydrogen) atoms. The second kappa shape index (κ2) is 10.3. The lowest BCUT2D eigenvalue weighted by Crippen LogP contribution is -2.48. The molecule has 2 rings (SSSR count). The van der Waals surface area contributed by atoms with E-state index in [0.717, 1.165) is 23.5 Å². The van der Waals surface area contributed by atoms with Crippen LogP contribution in [0.4, 0.5) is 0 Å². The topological polar surface area (TPSA) is 57.6 Å². The Bertz CT molecular complexity index is 749. The molecule has 0 aliphatic rings. The normalized spacial score (nSPS) is 13.4. The first-order chi connectivity index (χ1) is 13.8. The quantitative estimate of drug-likeness (QED) is 0.507. The number of nitrogens with one attached hydrogen (secondary N) is 1. The molecule has 0 spiro atoms. The fraction of sp³-hybridized carbons (Fsp3) is 0.458. The Balaban J connectivity index is 2.59. The number of hydrogen-bond donors (Lipinski definition) is 1. The van der Waals surface area contributed by atoms with Crippen molar-refractivity contribution in [1.82, 2.24) is 15.3 Å². The van der Waals surface area contributed by atoms with E-state index in [9.17, 15) is 4.79 Å². The summed E-state index contributed by atoms with van der Waals surface area (Å²) in [6.45, 7) is 13.3. The molecule has 1 aromatic carbocycles. The third kappa shape index (κ3) is 5.51. The second-order valence-electron chi connectivity index (χ2n) is 8.16. The maximum Gasteiger partial charge on any atom is 0.256 e. The third-order valence-electron chi connectivity index (χ3n) is 5.21. The minimum atomic E-state index is -0.927. The summed E-state index contributed by atoms with van der Waals surface area (Å²) < 4.78 is 0. The number of hydrazone groups is 1. The van der Waals surface area contributed by atoms with Gasteiger partial charge in [-0.15, -0.1) is 0 Å². The molecule has 5 heteroatoms. The monoisotopic (exact) mass is 394 g/mol. The van der Waals surface area contributed by atoms with Gasteiger partial charge in [-0.05, 0) is 65.7 Å². The van der Waals surface area contributed by atoms with Crippen molar-refractivity contribution in [1.29, 1.82) is 0 Å². The summed E-state index contributed by atoms with van der Waals surface area (Å²) in [5.41, 5.74) is 4.32. The number of amides is 1. The van der Waals surface area contributed by atoms with Gasteiger partial charge in [-0.3, -0.25) is 14.7 Å². The Morgan fingerprint density at radius 3 is 2.17 bits per heavy atom. The van der Waals surface area contributed by atoms with Crippen molar-refractivity contribution >= 4 is 11.6 Å². The molecule has 0 fully saturated rings. The highest BCUT2D eigenvalue weighted by Gasteiger charge is 2.43. The van der Waals surface area contributed by atoms with Crippen molar-refractivity contribution in [3.05, 3.63) is 66.0 Å². The van der Waals surface area contributed by atoms with Crippen molar-refractivity contribution in [3.8, 4) is 0 Å². The van der Waals surface area contributed by atoms with Crippen LogP contribution >= 0.6 is 0 Å². The molecular formula is C24H34N4O. The SMILES string of the molecule is CC(C)=NNC(=O)C(CCN(C(C)C)C(C)C)(c1ccccc1)c1ccccn1. The maximum absolute atomic E-state index is 13.6. The van der Waals surface area contributed by atoms with Crippen LogP contribution in [0, 0.1) is 0 Å². The summed E-state index contributed by atoms with van der Waals surface area (Å²) in [5, 5.41) is 4.21. The molecule has 1 aromatic heterocycles. The van der Waals surface area contributed by atoms with E-state index in [2.05, 4.69) is 48.1 Å². The molecule has 0 saturated heterocycles. The van der Waals surface area contributed by atoms with E-state index in [1.54, 1.807) is 6.20 Å². The second-order valence-corrected chi connectivity index (χ2v) is 8.16. The highest BCUT2D eigenvalue weighted by Crippen LogP contribution is 2.35. The van der Waals surface area contributed by atoms with Crippen molar-refractivity contribution in [2.75, 3.05) is 6.54 Å². The minimum Gasteiger partial charge on any atom is -0.298 e. The van der Waals surface area contributed by atoms with Gasteiger partial charge >= 0.3 is 0 Å². The predicted octanol–water partition coefficient (Wildman–Crippen LogP) is 4.39. The molecule has 0 radical (unpaired) electrons. The zero-order valence-electron chi connectivity index (χ0n) is 18.5. The number of hydrogen-bond acceptors (Lipinski definition) is 4. The Morgan fingerprint density at radius 1 is 1.03 bits per heavy atom. The zero-order chi connectivity index (χ0) is 21.4. The van der Waals surface area contributed by atoms with Gasteiger partial charge < -0.3 is 0 Å². The van der Waals surface area contributed by atoms with Crippen LogP contribution in [0.15, 0.2) is 59.8 Å². The van der Waals surface area contributed by atoms with Gasteiger partial charge in [0.1, 0.15) is 5.41 Å². The lowest BCUT2D eigenvalue weighted by molar-refractivity contribution is -0.126. The average molecular weight is 395 g/mol. The van der Waals surface area contributed by atoms with Crippen LogP contribution in [0.2, 0.25) is 0 Å². The van der Waals surface area contributed by atoms with Gasteiger partial charge in [-0.1, -0.05) is 36.4 Å². The summed E-state index contributed by atoms with van der Waals surface area (Å²) in [6, 6.07) is 16.4. The first-order valence-corrected chi connectivity index (χ1v) is 10.3. The van der Waals surface area contributed by atoms with Crippen LogP contribution in [0.5, 0.6) is 0 Å². The molecule has 0 aliphatic heterocycles. The highest BCUT2D eigenvalue weighted by atomic mass is 16.2. The predicted molar refractivity (Wildman–Crippen MR) is 120 cm³/mol. The Labute approximate surface area is 175 Å². The van der Waals surface area contributed by atoms with Gasteiger partial charge in [0, 0.05) is 30.5 Å². The fourth-order valence-electron chi connectivity index (χ4n) is 3.79. The van der Waals surface area contributed by atoms with Gasteiger partial charge in [0.2, 0.25) is 0 Å². The number of pyridine rings is 1. The standard InChI is InChI=1S/C24H34N4O/c1-18(2)26-27-23(29)24(21-12-8-7-9-13-21,22-14-10-11-16-25-22)15-17-28(19(3)4)20(5)6/h7-14,16,19-20H,15,17H2,1-6H3,(H,27,29). The molecule has 1 atom stereocenters. The molecule has 5 nitrogen and oxygen atoms in total. The first kappa shape index (κ1) is 22.8. The summed E-state index contributed by atoms with van der Waals surface area (Å²) in [5.74, 6) is -0.156. The van der Waals surface area contributed by atoms with Crippen LogP contribution in [0.25, 0.3) is 0 Å². The molecule has 1 amide bonds. The smallest absolute Gasteiger partial charge is 0.256 e. The maximum atomic E-state index is 13.6. The van der Waals surface area contributed by atoms with Crippen LogP contribution in [-0.2, 0) is 10.2 Å². The van der Waals surface area contributed by atoms with E-state index in [0.29, 0.717) is 18.5 Å². The van der Waals surface area contributed by atoms with Crippen molar-refractivity contribution < 1.29 is 4.79 Å². The number of benzene rings is 1. The van der Waals surface area contributed by atoms with Crippen LogP contribution in [-0.4, -0.2) is 40.1 Å². The van der Waals surface area contributed by atoms with E-state index >= 15 is 0 Å². The van der Waals surface area contributed by atoms with E-state index in [4.69, 9.17) is 0 Å². The largest absolute Gasteiger partial charge is 0.298 e. The number of carbonyl (C=O) groups is 1. The van der Waals surface area contributed by atoms with Crippen LogP contribution in [0.1, 0.15) is 59.2 Å². The van der Waals surface area contributed by atoms with Crippen molar-refractivity contribution in [2.24, 2.45) is 5.10 Å². The molecule has 0 bridgehead atoms. The highest BCUT2D eigenvalue weighted by molar-refractivity contribution is 5.92. The number of nitrogens with zero attached hydrogens (tertiary/aromatic N) is 3. The summed E-state index contributed by atoms with van der Waals surface area (Å²) in [4.78, 5) is 20.7. The van der Waals surface area contributed by atoms with Crippen molar-refractivity contribution in [3.63, 3.8) is 0 Å². The summed E-state index contributed by atoms with van der Waals surface area (Å²) >= 11 is 0. The number of rotatable bonds is 9. The average Bonchev–Trinajstić information content (AvgIpc) is 2.70. The zero-order valence-corrected chi connectivity index (χ0v) is 18.5. The Hall–Kier alpha value is -2.53. The van der Waals surface area contributed by atoms with Gasteiger partial charge in [0.15, 0.2) is 0 Å². The Kier molecular flexibility index (Phi) is 8.09. The first-order valence-electron chi connectivity index (χ1n) is 10.3. The molecule has 1 heterocycles. The number of aromatic nitrogens is 1. The number of carbonyl (C=O) groups excluding carboxylic acids is 1.